The molecule has 0 aliphatic heterocycles. The molecule has 0 atom stereocenters. The van der Waals surface area contributed by atoms with Gasteiger partial charge in [-0.05, 0) is 59.8 Å². The van der Waals surface area contributed by atoms with E-state index in [9.17, 15) is 4.79 Å². The van der Waals surface area contributed by atoms with Gasteiger partial charge in [0.25, 0.3) is 5.91 Å². The van der Waals surface area contributed by atoms with Crippen molar-refractivity contribution >= 4 is 34.2 Å². The second-order valence-corrected chi connectivity index (χ2v) is 4.85. The van der Waals surface area contributed by atoms with Crippen LogP contribution in [-0.4, -0.2) is 10.9 Å². The Labute approximate surface area is 113 Å². The maximum atomic E-state index is 12.0. The summed E-state index contributed by atoms with van der Waals surface area (Å²) in [6.45, 7) is 1.82. The molecular weight excluding hydrogens is 327 g/mol. The number of pyridine rings is 1. The van der Waals surface area contributed by atoms with Crippen LogP contribution in [0.2, 0.25) is 0 Å². The van der Waals surface area contributed by atoms with Crippen LogP contribution in [-0.2, 0) is 0 Å². The maximum Gasteiger partial charge on any atom is 0.257 e. The SMILES string of the molecule is Cc1ncccc1C(=O)Nc1cccc(I)c1. The van der Waals surface area contributed by atoms with Crippen molar-refractivity contribution in [2.45, 2.75) is 6.92 Å². The van der Waals surface area contributed by atoms with Crippen LogP contribution in [0.1, 0.15) is 16.1 Å². The lowest BCUT2D eigenvalue weighted by Gasteiger charge is -2.07. The topological polar surface area (TPSA) is 42.0 Å². The molecule has 1 N–H and O–H groups in total. The normalized spacial score (nSPS) is 10.0. The summed E-state index contributed by atoms with van der Waals surface area (Å²) in [5.41, 5.74) is 2.13. The van der Waals surface area contributed by atoms with Gasteiger partial charge in [-0.25, -0.2) is 0 Å². The van der Waals surface area contributed by atoms with Crippen LogP contribution in [0.25, 0.3) is 0 Å². The number of nitrogens with zero attached hydrogens (tertiary/aromatic N) is 1. The van der Waals surface area contributed by atoms with Gasteiger partial charge in [0.2, 0.25) is 0 Å². The largest absolute Gasteiger partial charge is 0.322 e. The summed E-state index contributed by atoms with van der Waals surface area (Å²) < 4.78 is 1.09. The van der Waals surface area contributed by atoms with Crippen molar-refractivity contribution < 1.29 is 4.79 Å². The molecule has 1 aromatic heterocycles. The molecule has 86 valence electrons. The highest BCUT2D eigenvalue weighted by Gasteiger charge is 2.09. The molecule has 0 aliphatic carbocycles. The minimum Gasteiger partial charge on any atom is -0.322 e. The van der Waals surface area contributed by atoms with Crippen LogP contribution in [0.15, 0.2) is 42.6 Å². The van der Waals surface area contributed by atoms with Gasteiger partial charge in [-0.2, -0.15) is 0 Å². The van der Waals surface area contributed by atoms with Crippen molar-refractivity contribution in [3.63, 3.8) is 0 Å². The molecule has 4 heteroatoms. The van der Waals surface area contributed by atoms with Crippen molar-refractivity contribution in [3.8, 4) is 0 Å². The van der Waals surface area contributed by atoms with Crippen molar-refractivity contribution in [1.82, 2.24) is 4.98 Å². The molecule has 0 aliphatic rings. The zero-order valence-electron chi connectivity index (χ0n) is 9.27. The number of halogens is 1. The predicted molar refractivity (Wildman–Crippen MR) is 76.1 cm³/mol. The Bertz CT molecular complexity index is 555. The number of hydrogen-bond acceptors (Lipinski definition) is 2. The van der Waals surface area contributed by atoms with Crippen molar-refractivity contribution in [3.05, 3.63) is 57.4 Å². The van der Waals surface area contributed by atoms with Gasteiger partial charge in [0.15, 0.2) is 0 Å². The average Bonchev–Trinajstić information content (AvgIpc) is 2.29. The summed E-state index contributed by atoms with van der Waals surface area (Å²) in [5.74, 6) is -0.127. The molecule has 0 saturated carbocycles. The van der Waals surface area contributed by atoms with Gasteiger partial charge in [-0.3, -0.25) is 9.78 Å². The number of carbonyl (C=O) groups excluding carboxylic acids is 1. The van der Waals surface area contributed by atoms with Gasteiger partial charge in [0.1, 0.15) is 0 Å². The van der Waals surface area contributed by atoms with E-state index < -0.39 is 0 Å². The first-order valence-corrected chi connectivity index (χ1v) is 6.23. The molecule has 3 nitrogen and oxygen atoms in total. The molecule has 0 spiro atoms. The lowest BCUT2D eigenvalue weighted by atomic mass is 10.2. The first-order chi connectivity index (χ1) is 8.16. The van der Waals surface area contributed by atoms with E-state index in [1.54, 1.807) is 18.3 Å². The number of hydrogen-bond donors (Lipinski definition) is 1. The standard InChI is InChI=1S/C13H11IN2O/c1-9-12(6-3-7-15-9)13(17)16-11-5-2-4-10(14)8-11/h2-8H,1H3,(H,16,17). The Hall–Kier alpha value is -1.43. The van der Waals surface area contributed by atoms with E-state index in [1.807, 2.05) is 31.2 Å². The minimum absolute atomic E-state index is 0.127. The summed E-state index contributed by atoms with van der Waals surface area (Å²) in [6.07, 6.45) is 1.68. The molecule has 2 aromatic rings. The Kier molecular flexibility index (Phi) is 3.73. The van der Waals surface area contributed by atoms with Gasteiger partial charge in [-0.1, -0.05) is 6.07 Å². The van der Waals surface area contributed by atoms with Crippen LogP contribution in [0, 0.1) is 10.5 Å². The summed E-state index contributed by atoms with van der Waals surface area (Å²) in [4.78, 5) is 16.1. The Morgan fingerprint density at radius 2 is 2.12 bits per heavy atom. The van der Waals surface area contributed by atoms with Gasteiger partial charge in [0, 0.05) is 21.1 Å². The van der Waals surface area contributed by atoms with Crippen molar-refractivity contribution in [1.29, 1.82) is 0 Å². The first kappa shape index (κ1) is 12.0. The van der Waals surface area contributed by atoms with Gasteiger partial charge < -0.3 is 5.32 Å². The van der Waals surface area contributed by atoms with Crippen LogP contribution in [0.4, 0.5) is 5.69 Å². The van der Waals surface area contributed by atoms with E-state index >= 15 is 0 Å². The Morgan fingerprint density at radius 3 is 2.82 bits per heavy atom. The number of nitrogens with one attached hydrogen (secondary N) is 1. The molecule has 1 heterocycles. The zero-order chi connectivity index (χ0) is 12.3. The number of benzene rings is 1. The van der Waals surface area contributed by atoms with E-state index in [4.69, 9.17) is 0 Å². The van der Waals surface area contributed by atoms with Gasteiger partial charge >= 0.3 is 0 Å². The first-order valence-electron chi connectivity index (χ1n) is 5.15. The predicted octanol–water partition coefficient (Wildman–Crippen LogP) is 3.25. The van der Waals surface area contributed by atoms with E-state index in [1.165, 1.54) is 0 Å². The number of anilines is 1. The Balaban J connectivity index is 2.20. The van der Waals surface area contributed by atoms with Gasteiger partial charge in [-0.15, -0.1) is 0 Å². The number of amides is 1. The summed E-state index contributed by atoms with van der Waals surface area (Å²) in [5, 5.41) is 2.86. The van der Waals surface area contributed by atoms with Crippen molar-refractivity contribution in [2.75, 3.05) is 5.32 Å². The van der Waals surface area contributed by atoms with E-state index in [0.29, 0.717) is 5.56 Å². The van der Waals surface area contributed by atoms with Crippen LogP contribution >= 0.6 is 22.6 Å². The lowest BCUT2D eigenvalue weighted by molar-refractivity contribution is 0.102. The lowest BCUT2D eigenvalue weighted by Crippen LogP contribution is -2.13. The van der Waals surface area contributed by atoms with Crippen molar-refractivity contribution in [2.24, 2.45) is 0 Å². The fourth-order valence-electron chi connectivity index (χ4n) is 1.49. The zero-order valence-corrected chi connectivity index (χ0v) is 11.4. The number of aryl methyl sites for hydroxylation is 1. The fraction of sp³-hybridized carbons (Fsp3) is 0.0769. The fourth-order valence-corrected chi connectivity index (χ4v) is 2.03. The number of carbonyl (C=O) groups is 1. The molecule has 1 amide bonds. The molecule has 2 rings (SSSR count). The van der Waals surface area contributed by atoms with Gasteiger partial charge in [0.05, 0.1) is 5.56 Å². The minimum atomic E-state index is -0.127. The molecule has 17 heavy (non-hydrogen) atoms. The monoisotopic (exact) mass is 338 g/mol. The van der Waals surface area contributed by atoms with Crippen LogP contribution < -0.4 is 5.32 Å². The third-order valence-electron chi connectivity index (χ3n) is 2.33. The van der Waals surface area contributed by atoms with E-state index in [2.05, 4.69) is 32.9 Å². The highest BCUT2D eigenvalue weighted by atomic mass is 127. The third kappa shape index (κ3) is 3.03. The molecular formula is C13H11IN2O. The highest BCUT2D eigenvalue weighted by Crippen LogP contribution is 2.14. The summed E-state index contributed by atoms with van der Waals surface area (Å²) in [7, 11) is 0. The molecule has 0 fully saturated rings. The molecule has 0 bridgehead atoms. The maximum absolute atomic E-state index is 12.0. The Morgan fingerprint density at radius 1 is 1.29 bits per heavy atom. The second-order valence-electron chi connectivity index (χ2n) is 3.60. The number of rotatable bonds is 2. The smallest absolute Gasteiger partial charge is 0.257 e. The van der Waals surface area contributed by atoms with E-state index in [0.717, 1.165) is 15.0 Å². The third-order valence-corrected chi connectivity index (χ3v) is 3.01. The number of aromatic nitrogens is 1. The van der Waals surface area contributed by atoms with Crippen LogP contribution in [0.5, 0.6) is 0 Å². The molecule has 0 saturated heterocycles. The second kappa shape index (κ2) is 5.27. The molecule has 0 unspecified atom stereocenters. The average molecular weight is 338 g/mol. The van der Waals surface area contributed by atoms with Crippen LogP contribution in [0.3, 0.4) is 0 Å². The molecule has 1 aromatic carbocycles. The quantitative estimate of drug-likeness (QED) is 0.854. The molecule has 0 radical (unpaired) electrons. The highest BCUT2D eigenvalue weighted by molar-refractivity contribution is 14.1. The summed E-state index contributed by atoms with van der Waals surface area (Å²) >= 11 is 2.21. The summed E-state index contributed by atoms with van der Waals surface area (Å²) in [6, 6.07) is 11.2. The van der Waals surface area contributed by atoms with E-state index in [-0.39, 0.29) is 5.91 Å².